The van der Waals surface area contributed by atoms with E-state index in [4.69, 9.17) is 9.47 Å². The number of anilines is 1. The summed E-state index contributed by atoms with van der Waals surface area (Å²) in [6.07, 6.45) is 0.0544. The minimum atomic E-state index is 0.0544. The molecule has 0 amide bonds. The zero-order chi connectivity index (χ0) is 19.1. The number of nitrogens with one attached hydrogen (secondary N) is 1. The highest BCUT2D eigenvalue weighted by Crippen LogP contribution is 2.31. The highest BCUT2D eigenvalue weighted by atomic mass is 16.5. The van der Waals surface area contributed by atoms with Gasteiger partial charge in [0.25, 0.3) is 0 Å². The fourth-order valence-corrected chi connectivity index (χ4v) is 2.81. The lowest BCUT2D eigenvalue weighted by Gasteiger charge is -2.16. The summed E-state index contributed by atoms with van der Waals surface area (Å²) in [6.45, 7) is 13.7. The maximum Gasteiger partial charge on any atom is 0.130 e. The molecule has 26 heavy (non-hydrogen) atoms. The van der Waals surface area contributed by atoms with E-state index in [1.165, 1.54) is 0 Å². The van der Waals surface area contributed by atoms with Gasteiger partial charge >= 0.3 is 0 Å². The van der Waals surface area contributed by atoms with Crippen molar-refractivity contribution < 1.29 is 9.47 Å². The molecule has 2 aromatic carbocycles. The van der Waals surface area contributed by atoms with Gasteiger partial charge in [-0.2, -0.15) is 0 Å². The van der Waals surface area contributed by atoms with Crippen LogP contribution in [-0.2, 0) is 4.74 Å². The van der Waals surface area contributed by atoms with Crippen molar-refractivity contribution in [3.63, 3.8) is 0 Å². The molecule has 0 saturated carbocycles. The molecule has 2 aromatic rings. The van der Waals surface area contributed by atoms with Gasteiger partial charge in [-0.25, -0.2) is 0 Å². The number of nitrogens with zero attached hydrogens (tertiary/aromatic N) is 1. The van der Waals surface area contributed by atoms with E-state index in [1.807, 2.05) is 39.0 Å². The second-order valence-electron chi connectivity index (χ2n) is 6.39. The van der Waals surface area contributed by atoms with Crippen molar-refractivity contribution >= 4 is 11.5 Å². The minimum absolute atomic E-state index is 0.0544. The number of ether oxygens (including phenoxy) is 2. The Morgan fingerprint density at radius 3 is 2.58 bits per heavy atom. The summed E-state index contributed by atoms with van der Waals surface area (Å²) < 4.78 is 11.8. The Bertz CT molecular complexity index is 769. The van der Waals surface area contributed by atoms with Gasteiger partial charge in [0.1, 0.15) is 11.5 Å². The van der Waals surface area contributed by atoms with Gasteiger partial charge in [-0.1, -0.05) is 12.1 Å². The van der Waals surface area contributed by atoms with Crippen LogP contribution >= 0.6 is 0 Å². The number of aryl methyl sites for hydroxylation is 2. The normalized spacial score (nSPS) is 12.8. The molecule has 1 N–H and O–H groups in total. The number of aliphatic imine (C=N–C) groups is 1. The molecule has 1 unspecified atom stereocenters. The number of rotatable bonds is 7. The summed E-state index contributed by atoms with van der Waals surface area (Å²) in [5.74, 6) is 2.60. The average molecular weight is 354 g/mol. The van der Waals surface area contributed by atoms with Crippen molar-refractivity contribution in [2.45, 2.75) is 47.6 Å². The van der Waals surface area contributed by atoms with Gasteiger partial charge in [-0.05, 0) is 82.5 Å². The molecule has 0 saturated heterocycles. The molecule has 140 valence electrons. The van der Waals surface area contributed by atoms with E-state index in [-0.39, 0.29) is 6.10 Å². The van der Waals surface area contributed by atoms with Gasteiger partial charge in [0.15, 0.2) is 0 Å². The lowest BCUT2D eigenvalue weighted by molar-refractivity contribution is 0.0763. The van der Waals surface area contributed by atoms with Gasteiger partial charge in [0.05, 0.1) is 11.9 Å². The standard InChI is InChI=1S/C22H30N2O2/c1-7-23-18(6)24-21-12-16(4)22(13-15(21)3)26-20-11-9-10-19(14-20)17(5)25-8-2/h9-14,17H,7-8H2,1-6H3,(H,23,24). The Morgan fingerprint density at radius 2 is 1.88 bits per heavy atom. The molecule has 0 radical (unpaired) electrons. The van der Waals surface area contributed by atoms with Crippen LogP contribution in [0, 0.1) is 13.8 Å². The van der Waals surface area contributed by atoms with Crippen LogP contribution in [0.4, 0.5) is 5.69 Å². The van der Waals surface area contributed by atoms with Crippen molar-refractivity contribution in [2.75, 3.05) is 18.5 Å². The molecule has 0 spiro atoms. The molecule has 4 nitrogen and oxygen atoms in total. The molecule has 0 aliphatic carbocycles. The van der Waals surface area contributed by atoms with Crippen LogP contribution in [0.3, 0.4) is 0 Å². The van der Waals surface area contributed by atoms with Crippen LogP contribution in [0.5, 0.6) is 11.5 Å². The van der Waals surface area contributed by atoms with Crippen molar-refractivity contribution in [1.82, 2.24) is 0 Å². The van der Waals surface area contributed by atoms with E-state index in [2.05, 4.69) is 49.3 Å². The quantitative estimate of drug-likeness (QED) is 0.486. The molecule has 0 heterocycles. The Morgan fingerprint density at radius 1 is 1.12 bits per heavy atom. The summed E-state index contributed by atoms with van der Waals surface area (Å²) in [5.41, 5.74) is 4.37. The first-order valence-electron chi connectivity index (χ1n) is 9.23. The highest BCUT2D eigenvalue weighted by molar-refractivity contribution is 5.94. The fourth-order valence-electron chi connectivity index (χ4n) is 2.81. The van der Waals surface area contributed by atoms with Crippen LogP contribution in [0.1, 0.15) is 50.5 Å². The lowest BCUT2D eigenvalue weighted by atomic mass is 10.1. The topological polar surface area (TPSA) is 42.9 Å². The van der Waals surface area contributed by atoms with Crippen LogP contribution < -0.4 is 10.1 Å². The van der Waals surface area contributed by atoms with Gasteiger partial charge in [-0.3, -0.25) is 4.99 Å². The number of benzene rings is 2. The zero-order valence-electron chi connectivity index (χ0n) is 16.7. The van der Waals surface area contributed by atoms with Crippen LogP contribution in [0.25, 0.3) is 0 Å². The van der Waals surface area contributed by atoms with Gasteiger partial charge in [0.2, 0.25) is 0 Å². The van der Waals surface area contributed by atoms with E-state index < -0.39 is 0 Å². The molecule has 0 bridgehead atoms. The molecule has 0 aromatic heterocycles. The van der Waals surface area contributed by atoms with Crippen LogP contribution in [0.2, 0.25) is 0 Å². The van der Waals surface area contributed by atoms with Gasteiger partial charge in [0, 0.05) is 18.8 Å². The van der Waals surface area contributed by atoms with E-state index in [9.17, 15) is 0 Å². The zero-order valence-corrected chi connectivity index (χ0v) is 16.7. The molecule has 2 rings (SSSR count). The number of amidine groups is 1. The second-order valence-corrected chi connectivity index (χ2v) is 6.39. The Kier molecular flexibility index (Phi) is 7.22. The largest absolute Gasteiger partial charge is 0.457 e. The molecule has 1 atom stereocenters. The third-order valence-electron chi connectivity index (χ3n) is 4.20. The third-order valence-corrected chi connectivity index (χ3v) is 4.20. The first kappa shape index (κ1) is 20.0. The fraction of sp³-hybridized carbons (Fsp3) is 0.409. The number of hydrogen-bond donors (Lipinski definition) is 1. The highest BCUT2D eigenvalue weighted by Gasteiger charge is 2.10. The van der Waals surface area contributed by atoms with Crippen LogP contribution in [0.15, 0.2) is 41.4 Å². The van der Waals surface area contributed by atoms with E-state index in [1.54, 1.807) is 0 Å². The molecule has 0 aliphatic heterocycles. The maximum atomic E-state index is 6.15. The summed E-state index contributed by atoms with van der Waals surface area (Å²) in [4.78, 5) is 4.38. The molecule has 0 fully saturated rings. The van der Waals surface area contributed by atoms with Crippen LogP contribution in [-0.4, -0.2) is 19.0 Å². The minimum Gasteiger partial charge on any atom is -0.457 e. The van der Waals surface area contributed by atoms with E-state index >= 15 is 0 Å². The van der Waals surface area contributed by atoms with E-state index in [0.29, 0.717) is 6.61 Å². The monoisotopic (exact) mass is 354 g/mol. The molecular weight excluding hydrogens is 324 g/mol. The number of hydrogen-bond acceptors (Lipinski definition) is 3. The molecule has 0 aliphatic rings. The van der Waals surface area contributed by atoms with Crippen molar-refractivity contribution in [3.05, 3.63) is 53.1 Å². The third kappa shape index (κ3) is 5.33. The molecule has 4 heteroatoms. The second kappa shape index (κ2) is 9.39. The first-order chi connectivity index (χ1) is 12.4. The lowest BCUT2D eigenvalue weighted by Crippen LogP contribution is -2.09. The SMILES string of the molecule is CCN=C(C)Nc1cc(C)c(Oc2cccc(C(C)OCC)c2)cc1C. The van der Waals surface area contributed by atoms with Crippen molar-refractivity contribution in [3.8, 4) is 11.5 Å². The predicted octanol–water partition coefficient (Wildman–Crippen LogP) is 6.04. The first-order valence-corrected chi connectivity index (χ1v) is 9.23. The maximum absolute atomic E-state index is 6.15. The summed E-state index contributed by atoms with van der Waals surface area (Å²) in [7, 11) is 0. The summed E-state index contributed by atoms with van der Waals surface area (Å²) >= 11 is 0. The van der Waals surface area contributed by atoms with Gasteiger partial charge < -0.3 is 14.8 Å². The smallest absolute Gasteiger partial charge is 0.130 e. The Hall–Kier alpha value is -2.33. The Labute approximate surface area is 157 Å². The predicted molar refractivity (Wildman–Crippen MR) is 110 cm³/mol. The average Bonchev–Trinajstić information content (AvgIpc) is 2.60. The van der Waals surface area contributed by atoms with Gasteiger partial charge in [-0.15, -0.1) is 0 Å². The van der Waals surface area contributed by atoms with Crippen molar-refractivity contribution in [1.29, 1.82) is 0 Å². The summed E-state index contributed by atoms with van der Waals surface area (Å²) in [5, 5.41) is 3.36. The molecular formula is C22H30N2O2. The Balaban J connectivity index is 2.21. The van der Waals surface area contributed by atoms with E-state index in [0.717, 1.165) is 46.3 Å². The van der Waals surface area contributed by atoms with Crippen molar-refractivity contribution in [2.24, 2.45) is 4.99 Å². The summed E-state index contributed by atoms with van der Waals surface area (Å²) in [6, 6.07) is 12.2.